The van der Waals surface area contributed by atoms with Crippen LogP contribution in [0.4, 0.5) is 0 Å². The summed E-state index contributed by atoms with van der Waals surface area (Å²) in [7, 11) is 0. The van der Waals surface area contributed by atoms with E-state index in [1.807, 2.05) is 26.0 Å². The molecule has 0 spiro atoms. The van der Waals surface area contributed by atoms with Crippen LogP contribution < -0.4 is 4.74 Å². The maximum atomic E-state index is 11.3. The molecule has 0 aromatic heterocycles. The summed E-state index contributed by atoms with van der Waals surface area (Å²) in [6.45, 7) is 4.08. The molecule has 2 bridgehead atoms. The van der Waals surface area contributed by atoms with E-state index in [1.54, 1.807) is 0 Å². The molecule has 0 aliphatic heterocycles. The molecule has 114 valence electrons. The third-order valence-corrected chi connectivity index (χ3v) is 6.22. The average Bonchev–Trinajstić information content (AvgIpc) is 3.09. The van der Waals surface area contributed by atoms with Crippen LogP contribution in [-0.4, -0.2) is 11.2 Å². The maximum Gasteiger partial charge on any atom is 0.119 e. The average molecular weight is 286 g/mol. The number of aliphatic hydroxyl groups is 1. The fourth-order valence-electron chi connectivity index (χ4n) is 5.54. The summed E-state index contributed by atoms with van der Waals surface area (Å²) in [4.78, 5) is 0. The van der Waals surface area contributed by atoms with Crippen molar-refractivity contribution in [3.63, 3.8) is 0 Å². The zero-order chi connectivity index (χ0) is 14.6. The minimum absolute atomic E-state index is 0.195. The second-order valence-corrected chi connectivity index (χ2v) is 7.68. The molecule has 4 rings (SSSR count). The quantitative estimate of drug-likeness (QED) is 0.905. The fraction of sp³-hybridized carbons (Fsp3) is 0.684. The molecule has 2 heteroatoms. The summed E-state index contributed by atoms with van der Waals surface area (Å²) in [5.74, 6) is 3.85. The van der Waals surface area contributed by atoms with Gasteiger partial charge in [0.1, 0.15) is 5.75 Å². The highest BCUT2D eigenvalue weighted by molar-refractivity contribution is 5.33. The van der Waals surface area contributed by atoms with Crippen molar-refractivity contribution in [2.45, 2.75) is 57.7 Å². The summed E-state index contributed by atoms with van der Waals surface area (Å²) in [6, 6.07) is 8.21. The fourth-order valence-corrected chi connectivity index (χ4v) is 5.54. The van der Waals surface area contributed by atoms with Crippen LogP contribution in [0.1, 0.15) is 51.5 Å². The van der Waals surface area contributed by atoms with Gasteiger partial charge in [0.2, 0.25) is 0 Å². The molecule has 1 N–H and O–H groups in total. The van der Waals surface area contributed by atoms with Gasteiger partial charge in [0.25, 0.3) is 0 Å². The van der Waals surface area contributed by atoms with Crippen molar-refractivity contribution in [1.29, 1.82) is 0 Å². The van der Waals surface area contributed by atoms with E-state index in [4.69, 9.17) is 4.74 Å². The molecule has 2 nitrogen and oxygen atoms in total. The van der Waals surface area contributed by atoms with Crippen LogP contribution in [0.2, 0.25) is 0 Å². The van der Waals surface area contributed by atoms with E-state index < -0.39 is 5.60 Å². The SMILES string of the molecule is CC(C)Oc1ccc(C2(O)CC3CC2C2CCCC32)cc1. The monoisotopic (exact) mass is 286 g/mol. The smallest absolute Gasteiger partial charge is 0.119 e. The van der Waals surface area contributed by atoms with Gasteiger partial charge in [0, 0.05) is 0 Å². The van der Waals surface area contributed by atoms with E-state index in [0.29, 0.717) is 5.92 Å². The highest BCUT2D eigenvalue weighted by atomic mass is 16.5. The Balaban J connectivity index is 1.58. The first-order valence-corrected chi connectivity index (χ1v) is 8.57. The summed E-state index contributed by atoms with van der Waals surface area (Å²) in [6.07, 6.45) is 6.53. The van der Waals surface area contributed by atoms with Gasteiger partial charge in [-0.05, 0) is 80.9 Å². The first-order valence-electron chi connectivity index (χ1n) is 8.57. The predicted octanol–water partition coefficient (Wildman–Crippen LogP) is 4.12. The molecule has 1 aromatic rings. The minimum atomic E-state index is -0.577. The zero-order valence-electron chi connectivity index (χ0n) is 13.1. The molecule has 3 saturated carbocycles. The topological polar surface area (TPSA) is 29.5 Å². The van der Waals surface area contributed by atoms with Crippen molar-refractivity contribution in [3.8, 4) is 5.75 Å². The summed E-state index contributed by atoms with van der Waals surface area (Å²) in [5, 5.41) is 11.3. The zero-order valence-corrected chi connectivity index (χ0v) is 13.1. The number of rotatable bonds is 3. The molecule has 3 fully saturated rings. The van der Waals surface area contributed by atoms with Gasteiger partial charge in [0.05, 0.1) is 11.7 Å². The molecule has 0 heterocycles. The second-order valence-electron chi connectivity index (χ2n) is 7.68. The second kappa shape index (κ2) is 4.74. The lowest BCUT2D eigenvalue weighted by atomic mass is 9.70. The van der Waals surface area contributed by atoms with Crippen LogP contribution in [0, 0.1) is 23.7 Å². The summed E-state index contributed by atoms with van der Waals surface area (Å²) < 4.78 is 5.71. The van der Waals surface area contributed by atoms with Gasteiger partial charge in [-0.1, -0.05) is 18.6 Å². The first-order chi connectivity index (χ1) is 10.1. The molecule has 0 amide bonds. The van der Waals surface area contributed by atoms with Crippen molar-refractivity contribution in [3.05, 3.63) is 29.8 Å². The molecule has 5 atom stereocenters. The highest BCUT2D eigenvalue weighted by Crippen LogP contribution is 2.65. The third kappa shape index (κ3) is 2.03. The van der Waals surface area contributed by atoms with E-state index in [0.717, 1.165) is 35.5 Å². The molecule has 3 aliphatic carbocycles. The van der Waals surface area contributed by atoms with Crippen LogP contribution >= 0.6 is 0 Å². The van der Waals surface area contributed by atoms with Gasteiger partial charge >= 0.3 is 0 Å². The Bertz CT molecular complexity index is 521. The normalized spacial score (nSPS) is 40.8. The van der Waals surface area contributed by atoms with E-state index in [1.165, 1.54) is 25.7 Å². The van der Waals surface area contributed by atoms with Crippen molar-refractivity contribution >= 4 is 0 Å². The molecule has 1 aromatic carbocycles. The van der Waals surface area contributed by atoms with Gasteiger partial charge in [-0.3, -0.25) is 0 Å². The van der Waals surface area contributed by atoms with Crippen LogP contribution in [0.25, 0.3) is 0 Å². The Morgan fingerprint density at radius 3 is 2.57 bits per heavy atom. The van der Waals surface area contributed by atoms with Crippen molar-refractivity contribution in [1.82, 2.24) is 0 Å². The first kappa shape index (κ1) is 13.6. The van der Waals surface area contributed by atoms with Crippen LogP contribution in [-0.2, 0) is 5.60 Å². The summed E-state index contributed by atoms with van der Waals surface area (Å²) >= 11 is 0. The number of hydrogen-bond acceptors (Lipinski definition) is 2. The van der Waals surface area contributed by atoms with Crippen LogP contribution in [0.3, 0.4) is 0 Å². The maximum absolute atomic E-state index is 11.3. The molecule has 3 aliphatic rings. The molecule has 21 heavy (non-hydrogen) atoms. The van der Waals surface area contributed by atoms with Crippen molar-refractivity contribution < 1.29 is 9.84 Å². The van der Waals surface area contributed by atoms with Crippen molar-refractivity contribution in [2.75, 3.05) is 0 Å². The van der Waals surface area contributed by atoms with E-state index in [9.17, 15) is 5.11 Å². The number of hydrogen-bond donors (Lipinski definition) is 1. The Labute approximate surface area is 127 Å². The van der Waals surface area contributed by atoms with Gasteiger partial charge in [-0.15, -0.1) is 0 Å². The third-order valence-electron chi connectivity index (χ3n) is 6.22. The Hall–Kier alpha value is -1.02. The Morgan fingerprint density at radius 2 is 1.86 bits per heavy atom. The predicted molar refractivity (Wildman–Crippen MR) is 83.1 cm³/mol. The molecule has 0 saturated heterocycles. The standard InChI is InChI=1S/C19H26O2/c1-12(2)21-15-8-6-14(7-9-15)19(20)11-13-10-18(19)17-5-3-4-16(13)17/h6-9,12-13,16-18,20H,3-5,10-11H2,1-2H3. The van der Waals surface area contributed by atoms with Gasteiger partial charge in [-0.2, -0.15) is 0 Å². The van der Waals surface area contributed by atoms with Gasteiger partial charge in [0.15, 0.2) is 0 Å². The van der Waals surface area contributed by atoms with Crippen LogP contribution in [0.15, 0.2) is 24.3 Å². The molecule has 5 unspecified atom stereocenters. The lowest BCUT2D eigenvalue weighted by Crippen LogP contribution is -2.38. The number of fused-ring (bicyclic) bond motifs is 5. The number of ether oxygens (including phenoxy) is 1. The van der Waals surface area contributed by atoms with Crippen molar-refractivity contribution in [2.24, 2.45) is 23.7 Å². The van der Waals surface area contributed by atoms with E-state index in [2.05, 4.69) is 12.1 Å². The lowest BCUT2D eigenvalue weighted by molar-refractivity contribution is -0.0512. The molecular weight excluding hydrogens is 260 g/mol. The number of benzene rings is 1. The molecular formula is C19H26O2. The summed E-state index contributed by atoms with van der Waals surface area (Å²) in [5.41, 5.74) is 0.531. The lowest BCUT2D eigenvalue weighted by Gasteiger charge is -2.39. The highest BCUT2D eigenvalue weighted by Gasteiger charge is 2.60. The Morgan fingerprint density at radius 1 is 1.14 bits per heavy atom. The largest absolute Gasteiger partial charge is 0.491 e. The van der Waals surface area contributed by atoms with E-state index >= 15 is 0 Å². The molecule has 0 radical (unpaired) electrons. The van der Waals surface area contributed by atoms with Gasteiger partial charge in [-0.25, -0.2) is 0 Å². The van der Waals surface area contributed by atoms with Gasteiger partial charge < -0.3 is 9.84 Å². The van der Waals surface area contributed by atoms with E-state index in [-0.39, 0.29) is 6.10 Å². The van der Waals surface area contributed by atoms with Crippen LogP contribution in [0.5, 0.6) is 5.75 Å². The minimum Gasteiger partial charge on any atom is -0.491 e. The Kier molecular flexibility index (Phi) is 3.08.